The Morgan fingerprint density at radius 2 is 1.89 bits per heavy atom. The second-order valence-electron chi connectivity index (χ2n) is 7.70. The molecule has 0 heterocycles. The molecule has 104 valence electrons. The van der Waals surface area contributed by atoms with Crippen LogP contribution in [0.4, 0.5) is 0 Å². The monoisotopic (exact) mass is 257 g/mol. The van der Waals surface area contributed by atoms with Gasteiger partial charge in [0.25, 0.3) is 0 Å². The van der Waals surface area contributed by atoms with Gasteiger partial charge in [0, 0.05) is 12.6 Å². The fraction of sp³-hybridized carbons (Fsp3) is 0.667. The Morgan fingerprint density at radius 3 is 2.53 bits per heavy atom. The third-order valence-corrected chi connectivity index (χ3v) is 5.57. The molecule has 1 saturated carbocycles. The minimum Gasteiger partial charge on any atom is -0.309 e. The lowest BCUT2D eigenvalue weighted by molar-refractivity contribution is 0.235. The summed E-state index contributed by atoms with van der Waals surface area (Å²) in [6.45, 7) is 10.7. The molecule has 19 heavy (non-hydrogen) atoms. The lowest BCUT2D eigenvalue weighted by Gasteiger charge is -2.31. The molecule has 0 amide bonds. The van der Waals surface area contributed by atoms with E-state index in [2.05, 4.69) is 57.3 Å². The molecule has 0 bridgehead atoms. The molecule has 0 radical (unpaired) electrons. The van der Waals surface area contributed by atoms with E-state index >= 15 is 0 Å². The van der Waals surface area contributed by atoms with E-state index in [1.165, 1.54) is 31.4 Å². The van der Waals surface area contributed by atoms with Crippen molar-refractivity contribution in [1.82, 2.24) is 5.32 Å². The van der Waals surface area contributed by atoms with Crippen LogP contribution in [-0.2, 0) is 6.42 Å². The maximum atomic E-state index is 3.91. The summed E-state index contributed by atoms with van der Waals surface area (Å²) in [4.78, 5) is 0. The molecule has 1 aromatic carbocycles. The molecule has 0 spiro atoms. The van der Waals surface area contributed by atoms with E-state index in [1.54, 1.807) is 5.56 Å². The van der Waals surface area contributed by atoms with Crippen LogP contribution in [0, 0.1) is 16.7 Å². The Balaban J connectivity index is 1.77. The molecule has 1 nitrogen and oxygen atoms in total. The average Bonchev–Trinajstić information content (AvgIpc) is 3.07. The lowest BCUT2D eigenvalue weighted by Crippen LogP contribution is -2.36. The van der Waals surface area contributed by atoms with Crippen molar-refractivity contribution >= 4 is 0 Å². The summed E-state index contributed by atoms with van der Waals surface area (Å²) < 4.78 is 0. The van der Waals surface area contributed by atoms with Crippen molar-refractivity contribution < 1.29 is 0 Å². The average molecular weight is 257 g/mol. The number of rotatable bonds is 4. The van der Waals surface area contributed by atoms with E-state index in [-0.39, 0.29) is 0 Å². The molecule has 1 heteroatoms. The number of nitrogens with one attached hydrogen (secondary N) is 1. The van der Waals surface area contributed by atoms with E-state index in [9.17, 15) is 0 Å². The van der Waals surface area contributed by atoms with Gasteiger partial charge in [-0.25, -0.2) is 0 Å². The lowest BCUT2D eigenvalue weighted by atomic mass is 9.84. The summed E-state index contributed by atoms with van der Waals surface area (Å²) in [7, 11) is 0. The SMILES string of the molecule is CC(C)C1(CNC2c3ccccc3CC2(C)C)CC1. The molecule has 1 atom stereocenters. The highest BCUT2D eigenvalue weighted by Crippen LogP contribution is 2.52. The topological polar surface area (TPSA) is 12.0 Å². The number of hydrogen-bond acceptors (Lipinski definition) is 1. The molecule has 3 rings (SSSR count). The van der Waals surface area contributed by atoms with Gasteiger partial charge in [0.1, 0.15) is 0 Å². The molecule has 1 unspecified atom stereocenters. The molecule has 1 fully saturated rings. The molecule has 2 aliphatic rings. The second kappa shape index (κ2) is 4.34. The third kappa shape index (κ3) is 2.23. The van der Waals surface area contributed by atoms with Gasteiger partial charge in [0.15, 0.2) is 0 Å². The molecule has 0 aromatic heterocycles. The fourth-order valence-electron chi connectivity index (χ4n) is 3.80. The quantitative estimate of drug-likeness (QED) is 0.846. The predicted octanol–water partition coefficient (Wildman–Crippen LogP) is 4.34. The summed E-state index contributed by atoms with van der Waals surface area (Å²) >= 11 is 0. The Bertz CT molecular complexity index is 468. The molecule has 0 aliphatic heterocycles. The van der Waals surface area contributed by atoms with Gasteiger partial charge >= 0.3 is 0 Å². The first kappa shape index (κ1) is 13.2. The van der Waals surface area contributed by atoms with Crippen molar-refractivity contribution in [3.8, 4) is 0 Å². The number of benzene rings is 1. The van der Waals surface area contributed by atoms with Crippen molar-refractivity contribution in [3.05, 3.63) is 35.4 Å². The Kier molecular flexibility index (Phi) is 3.01. The van der Waals surface area contributed by atoms with Crippen LogP contribution in [0.25, 0.3) is 0 Å². The highest BCUT2D eigenvalue weighted by molar-refractivity contribution is 5.37. The van der Waals surface area contributed by atoms with Crippen molar-refractivity contribution in [3.63, 3.8) is 0 Å². The van der Waals surface area contributed by atoms with Gasteiger partial charge in [-0.1, -0.05) is 52.0 Å². The van der Waals surface area contributed by atoms with E-state index in [1.807, 2.05) is 0 Å². The first-order valence-corrected chi connectivity index (χ1v) is 7.76. The van der Waals surface area contributed by atoms with Gasteiger partial charge in [-0.2, -0.15) is 0 Å². The maximum absolute atomic E-state index is 3.91. The van der Waals surface area contributed by atoms with Crippen LogP contribution in [0.15, 0.2) is 24.3 Å². The molecule has 1 aromatic rings. The van der Waals surface area contributed by atoms with Gasteiger partial charge in [-0.05, 0) is 47.1 Å². The third-order valence-electron chi connectivity index (χ3n) is 5.57. The van der Waals surface area contributed by atoms with Crippen LogP contribution in [0.2, 0.25) is 0 Å². The molecular weight excluding hydrogens is 230 g/mol. The molecule has 2 aliphatic carbocycles. The van der Waals surface area contributed by atoms with Gasteiger partial charge in [0.05, 0.1) is 0 Å². The zero-order valence-corrected chi connectivity index (χ0v) is 12.8. The minimum absolute atomic E-state index is 0.344. The smallest absolute Gasteiger partial charge is 0.0377 e. The van der Waals surface area contributed by atoms with E-state index in [0.29, 0.717) is 16.9 Å². The Labute approximate surface area is 117 Å². The summed E-state index contributed by atoms with van der Waals surface area (Å²) in [6.07, 6.45) is 4.02. The van der Waals surface area contributed by atoms with E-state index in [4.69, 9.17) is 0 Å². The number of hydrogen-bond donors (Lipinski definition) is 1. The van der Waals surface area contributed by atoms with Crippen LogP contribution < -0.4 is 5.32 Å². The largest absolute Gasteiger partial charge is 0.309 e. The summed E-state index contributed by atoms with van der Waals surface area (Å²) in [5.41, 5.74) is 4.01. The molecule has 0 saturated heterocycles. The zero-order chi connectivity index (χ0) is 13.7. The van der Waals surface area contributed by atoms with Gasteiger partial charge < -0.3 is 5.32 Å². The first-order valence-electron chi connectivity index (χ1n) is 7.76. The Hall–Kier alpha value is -0.820. The first-order chi connectivity index (χ1) is 8.95. The summed E-state index contributed by atoms with van der Waals surface area (Å²) in [6, 6.07) is 9.50. The van der Waals surface area contributed by atoms with Crippen LogP contribution in [0.3, 0.4) is 0 Å². The molecular formula is C18H27N. The van der Waals surface area contributed by atoms with E-state index in [0.717, 1.165) is 5.92 Å². The van der Waals surface area contributed by atoms with Crippen molar-refractivity contribution in [2.75, 3.05) is 6.54 Å². The Morgan fingerprint density at radius 1 is 1.21 bits per heavy atom. The summed E-state index contributed by atoms with van der Waals surface area (Å²) in [5.74, 6) is 0.805. The highest BCUT2D eigenvalue weighted by Gasteiger charge is 2.47. The predicted molar refractivity (Wildman–Crippen MR) is 81.2 cm³/mol. The summed E-state index contributed by atoms with van der Waals surface area (Å²) in [5, 5.41) is 3.91. The van der Waals surface area contributed by atoms with Crippen molar-refractivity contribution in [2.45, 2.75) is 53.0 Å². The fourth-order valence-corrected chi connectivity index (χ4v) is 3.80. The van der Waals surface area contributed by atoms with Crippen LogP contribution >= 0.6 is 0 Å². The second-order valence-corrected chi connectivity index (χ2v) is 7.70. The maximum Gasteiger partial charge on any atom is 0.0377 e. The van der Waals surface area contributed by atoms with Crippen LogP contribution in [-0.4, -0.2) is 6.54 Å². The van der Waals surface area contributed by atoms with Crippen LogP contribution in [0.1, 0.15) is 57.7 Å². The van der Waals surface area contributed by atoms with Gasteiger partial charge in [-0.15, -0.1) is 0 Å². The van der Waals surface area contributed by atoms with Gasteiger partial charge in [0.2, 0.25) is 0 Å². The van der Waals surface area contributed by atoms with Crippen LogP contribution in [0.5, 0.6) is 0 Å². The molecule has 1 N–H and O–H groups in total. The van der Waals surface area contributed by atoms with Gasteiger partial charge in [-0.3, -0.25) is 0 Å². The standard InChI is InChI=1S/C18H27N/c1-13(2)18(9-10-18)12-19-16-15-8-6-5-7-14(15)11-17(16,3)4/h5-8,13,16,19H,9-12H2,1-4H3. The zero-order valence-electron chi connectivity index (χ0n) is 12.8. The minimum atomic E-state index is 0.344. The highest BCUT2D eigenvalue weighted by atomic mass is 15.0. The normalized spacial score (nSPS) is 26.5. The van der Waals surface area contributed by atoms with Crippen molar-refractivity contribution in [1.29, 1.82) is 0 Å². The number of fused-ring (bicyclic) bond motifs is 1. The van der Waals surface area contributed by atoms with Crippen molar-refractivity contribution in [2.24, 2.45) is 16.7 Å². The van der Waals surface area contributed by atoms with E-state index < -0.39 is 0 Å².